The topological polar surface area (TPSA) is 59.1 Å². The summed E-state index contributed by atoms with van der Waals surface area (Å²) in [5.41, 5.74) is 9.50. The molecule has 1 heterocycles. The first-order valence-electron chi connectivity index (χ1n) is 5.15. The van der Waals surface area contributed by atoms with Crippen LogP contribution in [0, 0.1) is 0 Å². The van der Waals surface area contributed by atoms with Crippen LogP contribution in [0.15, 0.2) is 12.4 Å². The van der Waals surface area contributed by atoms with Gasteiger partial charge in [-0.15, -0.1) is 0 Å². The fourth-order valence-electron chi connectivity index (χ4n) is 2.10. The van der Waals surface area contributed by atoms with Crippen LogP contribution in [0.2, 0.25) is 0 Å². The monoisotopic (exact) mass is 192 g/mol. The zero-order valence-electron chi connectivity index (χ0n) is 8.24. The van der Waals surface area contributed by atoms with Crippen LogP contribution >= 0.6 is 0 Å². The summed E-state index contributed by atoms with van der Waals surface area (Å²) >= 11 is 0. The number of aryl methyl sites for hydroxylation is 1. The average molecular weight is 192 g/mol. The minimum Gasteiger partial charge on any atom is -0.394 e. The molecule has 1 unspecified atom stereocenters. The van der Waals surface area contributed by atoms with Crippen LogP contribution < -0.4 is 5.73 Å². The van der Waals surface area contributed by atoms with E-state index in [0.717, 1.165) is 18.4 Å². The second-order valence-electron chi connectivity index (χ2n) is 3.86. The summed E-state index contributed by atoms with van der Waals surface area (Å²) in [6.45, 7) is -0.00185. The van der Waals surface area contributed by atoms with Crippen molar-refractivity contribution in [3.05, 3.63) is 29.1 Å². The Labute approximate surface area is 84.0 Å². The highest BCUT2D eigenvalue weighted by atomic mass is 16.3. The van der Waals surface area contributed by atoms with Gasteiger partial charge in [0.2, 0.25) is 0 Å². The number of hydrogen-bond donors (Lipinski definition) is 2. The molecule has 0 aromatic carbocycles. The number of aliphatic hydroxyl groups excluding tert-OH is 1. The molecule has 0 bridgehead atoms. The predicted molar refractivity (Wildman–Crippen MR) is 54.9 cm³/mol. The maximum Gasteiger partial charge on any atom is 0.0625 e. The Balaban J connectivity index is 2.39. The maximum atomic E-state index is 9.04. The fourth-order valence-corrected chi connectivity index (χ4v) is 2.10. The first kappa shape index (κ1) is 9.62. The largest absolute Gasteiger partial charge is 0.394 e. The Morgan fingerprint density at radius 3 is 2.93 bits per heavy atom. The second-order valence-corrected chi connectivity index (χ2v) is 3.86. The highest BCUT2D eigenvalue weighted by Crippen LogP contribution is 2.26. The second kappa shape index (κ2) is 4.07. The molecule has 0 fully saturated rings. The van der Waals surface area contributed by atoms with Crippen molar-refractivity contribution in [2.75, 3.05) is 6.61 Å². The molecule has 0 saturated heterocycles. The quantitative estimate of drug-likeness (QED) is 0.733. The SMILES string of the molecule is NC(CO)c1cncc2c1CCCC2. The van der Waals surface area contributed by atoms with E-state index in [-0.39, 0.29) is 12.6 Å². The summed E-state index contributed by atoms with van der Waals surface area (Å²) in [5, 5.41) is 9.04. The Kier molecular flexibility index (Phi) is 2.79. The number of hydrogen-bond acceptors (Lipinski definition) is 3. The Hall–Kier alpha value is -0.930. The molecule has 0 spiro atoms. The highest BCUT2D eigenvalue weighted by molar-refractivity contribution is 5.35. The molecular weight excluding hydrogens is 176 g/mol. The lowest BCUT2D eigenvalue weighted by molar-refractivity contribution is 0.267. The number of aliphatic hydroxyl groups is 1. The van der Waals surface area contributed by atoms with E-state index < -0.39 is 0 Å². The van der Waals surface area contributed by atoms with E-state index in [1.54, 1.807) is 6.20 Å². The van der Waals surface area contributed by atoms with Crippen LogP contribution in [-0.2, 0) is 12.8 Å². The summed E-state index contributed by atoms with van der Waals surface area (Å²) in [6.07, 6.45) is 8.39. The first-order chi connectivity index (χ1) is 6.83. The van der Waals surface area contributed by atoms with Crippen molar-refractivity contribution in [2.45, 2.75) is 31.7 Å². The van der Waals surface area contributed by atoms with Gasteiger partial charge in [0.05, 0.1) is 12.6 Å². The van der Waals surface area contributed by atoms with Crippen molar-refractivity contribution in [3.63, 3.8) is 0 Å². The van der Waals surface area contributed by atoms with Crippen molar-refractivity contribution in [2.24, 2.45) is 5.73 Å². The molecule has 1 aromatic heterocycles. The maximum absolute atomic E-state index is 9.04. The molecular formula is C11H16N2O. The van der Waals surface area contributed by atoms with Gasteiger partial charge < -0.3 is 10.8 Å². The smallest absolute Gasteiger partial charge is 0.0625 e. The van der Waals surface area contributed by atoms with Crippen molar-refractivity contribution >= 4 is 0 Å². The number of pyridine rings is 1. The van der Waals surface area contributed by atoms with Crippen molar-refractivity contribution in [1.29, 1.82) is 0 Å². The molecule has 2 rings (SSSR count). The Morgan fingerprint density at radius 1 is 1.36 bits per heavy atom. The molecule has 1 atom stereocenters. The number of rotatable bonds is 2. The molecule has 3 heteroatoms. The lowest BCUT2D eigenvalue weighted by Gasteiger charge is -2.21. The van der Waals surface area contributed by atoms with E-state index in [4.69, 9.17) is 10.8 Å². The summed E-state index contributed by atoms with van der Waals surface area (Å²) in [7, 11) is 0. The third kappa shape index (κ3) is 1.65. The summed E-state index contributed by atoms with van der Waals surface area (Å²) in [6, 6.07) is -0.268. The Bertz CT molecular complexity index is 325. The van der Waals surface area contributed by atoms with Gasteiger partial charge in [-0.3, -0.25) is 4.98 Å². The number of nitrogens with two attached hydrogens (primary N) is 1. The predicted octanol–water partition coefficient (Wildman–Crippen LogP) is 0.953. The number of nitrogens with zero attached hydrogens (tertiary/aromatic N) is 1. The van der Waals surface area contributed by atoms with Gasteiger partial charge >= 0.3 is 0 Å². The summed E-state index contributed by atoms with van der Waals surface area (Å²) < 4.78 is 0. The lowest BCUT2D eigenvalue weighted by atomic mass is 9.88. The van der Waals surface area contributed by atoms with Crippen LogP contribution in [0.4, 0.5) is 0 Å². The van der Waals surface area contributed by atoms with E-state index in [2.05, 4.69) is 4.98 Å². The van der Waals surface area contributed by atoms with E-state index in [0.29, 0.717) is 0 Å². The Morgan fingerprint density at radius 2 is 2.14 bits per heavy atom. The molecule has 1 aromatic rings. The van der Waals surface area contributed by atoms with E-state index in [1.807, 2.05) is 6.20 Å². The molecule has 1 aliphatic rings. The van der Waals surface area contributed by atoms with Gasteiger partial charge in [0.25, 0.3) is 0 Å². The van der Waals surface area contributed by atoms with E-state index in [1.165, 1.54) is 24.0 Å². The van der Waals surface area contributed by atoms with Crippen LogP contribution in [0.1, 0.15) is 35.6 Å². The number of fused-ring (bicyclic) bond motifs is 1. The molecule has 14 heavy (non-hydrogen) atoms. The molecule has 0 aliphatic heterocycles. The van der Waals surface area contributed by atoms with E-state index in [9.17, 15) is 0 Å². The van der Waals surface area contributed by atoms with Gasteiger partial charge in [-0.25, -0.2) is 0 Å². The van der Waals surface area contributed by atoms with Crippen LogP contribution in [0.25, 0.3) is 0 Å². The third-order valence-electron chi connectivity index (χ3n) is 2.90. The molecule has 0 radical (unpaired) electrons. The zero-order valence-corrected chi connectivity index (χ0v) is 8.24. The average Bonchev–Trinajstić information content (AvgIpc) is 2.27. The molecule has 0 saturated carbocycles. The molecule has 1 aliphatic carbocycles. The molecule has 3 N–H and O–H groups in total. The van der Waals surface area contributed by atoms with Gasteiger partial charge in [-0.2, -0.15) is 0 Å². The van der Waals surface area contributed by atoms with Crippen molar-refractivity contribution in [1.82, 2.24) is 4.98 Å². The van der Waals surface area contributed by atoms with Gasteiger partial charge in [-0.1, -0.05) is 0 Å². The first-order valence-corrected chi connectivity index (χ1v) is 5.15. The van der Waals surface area contributed by atoms with E-state index >= 15 is 0 Å². The molecule has 3 nitrogen and oxygen atoms in total. The third-order valence-corrected chi connectivity index (χ3v) is 2.90. The molecule has 0 amide bonds. The fraction of sp³-hybridized carbons (Fsp3) is 0.545. The van der Waals surface area contributed by atoms with Crippen molar-refractivity contribution in [3.8, 4) is 0 Å². The van der Waals surface area contributed by atoms with Gasteiger partial charge in [0.15, 0.2) is 0 Å². The normalized spacial score (nSPS) is 17.6. The summed E-state index contributed by atoms with van der Waals surface area (Å²) in [4.78, 5) is 4.18. The van der Waals surface area contributed by atoms with Gasteiger partial charge in [0.1, 0.15) is 0 Å². The zero-order chi connectivity index (χ0) is 9.97. The molecule has 76 valence electrons. The van der Waals surface area contributed by atoms with Crippen LogP contribution in [0.3, 0.4) is 0 Å². The van der Waals surface area contributed by atoms with Crippen LogP contribution in [0.5, 0.6) is 0 Å². The highest BCUT2D eigenvalue weighted by Gasteiger charge is 2.16. The lowest BCUT2D eigenvalue weighted by Crippen LogP contribution is -2.19. The van der Waals surface area contributed by atoms with Crippen LogP contribution in [-0.4, -0.2) is 16.7 Å². The van der Waals surface area contributed by atoms with Gasteiger partial charge in [0, 0.05) is 12.4 Å². The minimum absolute atomic E-state index is 0.00185. The summed E-state index contributed by atoms with van der Waals surface area (Å²) in [5.74, 6) is 0. The van der Waals surface area contributed by atoms with Crippen molar-refractivity contribution < 1.29 is 5.11 Å². The standard InChI is InChI=1S/C11H16N2O/c12-11(7-14)10-6-13-5-8-3-1-2-4-9(8)10/h5-6,11,14H,1-4,7,12H2. The minimum atomic E-state index is -0.268. The van der Waals surface area contributed by atoms with Gasteiger partial charge in [-0.05, 0) is 42.4 Å². The number of aromatic nitrogens is 1.